The Balaban J connectivity index is 1.65. The monoisotopic (exact) mass is 356 g/mol. The van der Waals surface area contributed by atoms with E-state index in [4.69, 9.17) is 4.52 Å². The number of benzene rings is 1. The zero-order valence-electron chi connectivity index (χ0n) is 12.4. The summed E-state index contributed by atoms with van der Waals surface area (Å²) in [6.07, 6.45) is 0. The highest BCUT2D eigenvalue weighted by atomic mass is 32.1. The first-order valence-corrected chi connectivity index (χ1v) is 7.99. The maximum atomic E-state index is 12.5. The summed E-state index contributed by atoms with van der Waals surface area (Å²) < 4.78 is 5.09. The number of imide groups is 1. The first kappa shape index (κ1) is 15.1. The van der Waals surface area contributed by atoms with Gasteiger partial charge in [-0.15, -0.1) is 0 Å². The molecule has 0 atom stereocenters. The lowest BCUT2D eigenvalue weighted by atomic mass is 10.1. The van der Waals surface area contributed by atoms with Crippen molar-refractivity contribution >= 4 is 28.8 Å². The highest BCUT2D eigenvalue weighted by molar-refractivity contribution is 7.08. The van der Waals surface area contributed by atoms with E-state index in [2.05, 4.69) is 10.1 Å². The molecule has 0 fully saturated rings. The number of thiophene rings is 1. The van der Waals surface area contributed by atoms with Gasteiger partial charge in [-0.3, -0.25) is 24.6 Å². The van der Waals surface area contributed by atoms with Gasteiger partial charge in [0.25, 0.3) is 17.5 Å². The van der Waals surface area contributed by atoms with E-state index in [1.165, 1.54) is 29.5 Å². The Bertz CT molecular complexity index is 1010. The van der Waals surface area contributed by atoms with Crippen LogP contribution in [0, 0.1) is 10.1 Å². The van der Waals surface area contributed by atoms with Crippen molar-refractivity contribution in [2.75, 3.05) is 0 Å². The number of hydrogen-bond donors (Lipinski definition) is 0. The predicted octanol–water partition coefficient (Wildman–Crippen LogP) is 2.50. The molecule has 9 nitrogen and oxygen atoms in total. The highest BCUT2D eigenvalue weighted by Gasteiger charge is 2.41. The molecule has 4 rings (SSSR count). The lowest BCUT2D eigenvalue weighted by Gasteiger charge is -2.09. The fourth-order valence-corrected chi connectivity index (χ4v) is 3.21. The van der Waals surface area contributed by atoms with Gasteiger partial charge in [-0.25, -0.2) is 0 Å². The van der Waals surface area contributed by atoms with Crippen molar-refractivity contribution in [2.45, 2.75) is 6.54 Å². The molecule has 0 saturated carbocycles. The summed E-state index contributed by atoms with van der Waals surface area (Å²) in [4.78, 5) is 40.3. The molecule has 10 heteroatoms. The maximum Gasteiger partial charge on any atom is 0.282 e. The minimum atomic E-state index is -0.748. The van der Waals surface area contributed by atoms with Gasteiger partial charge in [-0.1, -0.05) is 11.2 Å². The first-order chi connectivity index (χ1) is 12.1. The maximum absolute atomic E-state index is 12.5. The fourth-order valence-electron chi connectivity index (χ4n) is 2.57. The molecule has 0 spiro atoms. The molecule has 0 bridgehead atoms. The van der Waals surface area contributed by atoms with E-state index < -0.39 is 22.4 Å². The second-order valence-corrected chi connectivity index (χ2v) is 5.96. The number of nitro groups is 1. The van der Waals surface area contributed by atoms with Gasteiger partial charge in [0.2, 0.25) is 11.7 Å². The highest BCUT2D eigenvalue weighted by Crippen LogP contribution is 2.31. The Kier molecular flexibility index (Phi) is 3.39. The Hall–Kier alpha value is -3.40. The third-order valence-electron chi connectivity index (χ3n) is 3.71. The third-order valence-corrected chi connectivity index (χ3v) is 4.40. The average molecular weight is 356 g/mol. The summed E-state index contributed by atoms with van der Waals surface area (Å²) in [5.74, 6) is -0.959. The van der Waals surface area contributed by atoms with Crippen LogP contribution in [0.25, 0.3) is 11.4 Å². The van der Waals surface area contributed by atoms with E-state index in [1.807, 2.05) is 16.8 Å². The van der Waals surface area contributed by atoms with E-state index in [-0.39, 0.29) is 23.6 Å². The van der Waals surface area contributed by atoms with E-state index in [0.29, 0.717) is 5.82 Å². The SMILES string of the molecule is O=C1c2cccc([N+](=O)[O-])c2C(=O)N1Cc1nc(-c2ccsc2)no1. The summed E-state index contributed by atoms with van der Waals surface area (Å²) in [5.41, 5.74) is 0.146. The van der Waals surface area contributed by atoms with Crippen molar-refractivity contribution in [3.05, 3.63) is 62.2 Å². The minimum Gasteiger partial charge on any atom is -0.337 e. The molecular weight excluding hydrogens is 348 g/mol. The number of fused-ring (bicyclic) bond motifs is 1. The van der Waals surface area contributed by atoms with E-state index in [0.717, 1.165) is 10.5 Å². The lowest BCUT2D eigenvalue weighted by Crippen LogP contribution is -2.29. The first-order valence-electron chi connectivity index (χ1n) is 7.05. The van der Waals surface area contributed by atoms with Crippen LogP contribution in [-0.2, 0) is 6.54 Å². The van der Waals surface area contributed by atoms with Gasteiger partial charge in [-0.05, 0) is 17.5 Å². The third kappa shape index (κ3) is 2.39. The Morgan fingerprint density at radius 2 is 2.08 bits per heavy atom. The molecule has 124 valence electrons. The molecule has 2 aromatic heterocycles. The van der Waals surface area contributed by atoms with Crippen LogP contribution in [0.5, 0.6) is 0 Å². The molecule has 0 aliphatic carbocycles. The summed E-state index contributed by atoms with van der Waals surface area (Å²) in [6.45, 7) is -0.249. The van der Waals surface area contributed by atoms with Crippen molar-refractivity contribution < 1.29 is 19.0 Å². The second kappa shape index (κ2) is 5.60. The zero-order chi connectivity index (χ0) is 17.6. The Morgan fingerprint density at radius 3 is 2.80 bits per heavy atom. The minimum absolute atomic E-state index is 0.00299. The number of nitrogens with zero attached hydrogens (tertiary/aromatic N) is 4. The molecule has 3 heterocycles. The number of aromatic nitrogens is 2. The Labute approximate surface area is 143 Å². The number of rotatable bonds is 4. The molecule has 25 heavy (non-hydrogen) atoms. The van der Waals surface area contributed by atoms with Crippen molar-refractivity contribution in [1.29, 1.82) is 0 Å². The normalized spacial score (nSPS) is 13.4. The molecule has 0 unspecified atom stereocenters. The van der Waals surface area contributed by atoms with Gasteiger partial charge >= 0.3 is 0 Å². The van der Waals surface area contributed by atoms with Crippen LogP contribution in [-0.4, -0.2) is 31.8 Å². The van der Waals surface area contributed by atoms with Crippen molar-refractivity contribution in [2.24, 2.45) is 0 Å². The molecule has 0 radical (unpaired) electrons. The lowest BCUT2D eigenvalue weighted by molar-refractivity contribution is -0.385. The molecule has 1 aliphatic heterocycles. The number of hydrogen-bond acceptors (Lipinski definition) is 8. The smallest absolute Gasteiger partial charge is 0.282 e. The van der Waals surface area contributed by atoms with Gasteiger partial charge in [-0.2, -0.15) is 16.3 Å². The molecular formula is C15H8N4O5S. The molecule has 1 aromatic carbocycles. The van der Waals surface area contributed by atoms with Crippen LogP contribution < -0.4 is 0 Å². The number of nitro benzene ring substituents is 1. The second-order valence-electron chi connectivity index (χ2n) is 5.18. The van der Waals surface area contributed by atoms with E-state index in [1.54, 1.807) is 0 Å². The van der Waals surface area contributed by atoms with Gasteiger partial charge in [0.05, 0.1) is 10.5 Å². The van der Waals surface area contributed by atoms with Crippen LogP contribution in [0.4, 0.5) is 5.69 Å². The molecule has 2 amide bonds. The summed E-state index contributed by atoms with van der Waals surface area (Å²) in [6, 6.07) is 5.75. The van der Waals surface area contributed by atoms with Gasteiger partial charge < -0.3 is 4.52 Å². The topological polar surface area (TPSA) is 119 Å². The number of carbonyl (C=O) groups is 2. The standard InChI is InChI=1S/C15H8N4O5S/c20-14-9-2-1-3-10(19(22)23)12(9)15(21)18(14)6-11-16-13(17-24-11)8-4-5-25-7-8/h1-5,7H,6H2. The zero-order valence-corrected chi connectivity index (χ0v) is 13.2. The summed E-state index contributed by atoms with van der Waals surface area (Å²) in [5, 5.41) is 18.6. The van der Waals surface area contributed by atoms with Crippen LogP contribution in [0.3, 0.4) is 0 Å². The Morgan fingerprint density at radius 1 is 1.24 bits per heavy atom. The number of amides is 2. The molecule has 3 aromatic rings. The van der Waals surface area contributed by atoms with Crippen molar-refractivity contribution in [1.82, 2.24) is 15.0 Å². The van der Waals surface area contributed by atoms with Gasteiger partial charge in [0, 0.05) is 17.0 Å². The molecule has 1 aliphatic rings. The van der Waals surface area contributed by atoms with Crippen LogP contribution in [0.2, 0.25) is 0 Å². The van der Waals surface area contributed by atoms with Crippen molar-refractivity contribution in [3.8, 4) is 11.4 Å². The van der Waals surface area contributed by atoms with Crippen LogP contribution in [0.15, 0.2) is 39.5 Å². The molecule has 0 saturated heterocycles. The quantitative estimate of drug-likeness (QED) is 0.400. The van der Waals surface area contributed by atoms with Gasteiger partial charge in [0.1, 0.15) is 12.1 Å². The number of carbonyl (C=O) groups excluding carboxylic acids is 2. The van der Waals surface area contributed by atoms with Crippen LogP contribution >= 0.6 is 11.3 Å². The van der Waals surface area contributed by atoms with E-state index >= 15 is 0 Å². The fraction of sp³-hybridized carbons (Fsp3) is 0.0667. The molecule has 0 N–H and O–H groups in total. The van der Waals surface area contributed by atoms with E-state index in [9.17, 15) is 19.7 Å². The van der Waals surface area contributed by atoms with Gasteiger partial charge in [0.15, 0.2) is 0 Å². The average Bonchev–Trinajstić information content (AvgIpc) is 3.32. The van der Waals surface area contributed by atoms with Crippen molar-refractivity contribution in [3.63, 3.8) is 0 Å². The summed E-state index contributed by atoms with van der Waals surface area (Å²) >= 11 is 1.47. The van der Waals surface area contributed by atoms with Crippen LogP contribution in [0.1, 0.15) is 26.6 Å². The predicted molar refractivity (Wildman–Crippen MR) is 84.9 cm³/mol. The summed E-state index contributed by atoms with van der Waals surface area (Å²) in [7, 11) is 0. The largest absolute Gasteiger partial charge is 0.337 e.